The van der Waals surface area contributed by atoms with Gasteiger partial charge in [-0.1, -0.05) is 0 Å². The molecule has 0 aliphatic carbocycles. The smallest absolute Gasteiger partial charge is 0.243 e. The van der Waals surface area contributed by atoms with Crippen LogP contribution in [0.25, 0.3) is 0 Å². The number of methoxy groups -OCH3 is 1. The van der Waals surface area contributed by atoms with E-state index in [9.17, 15) is 8.42 Å². The quantitative estimate of drug-likeness (QED) is 0.694. The van der Waals surface area contributed by atoms with Gasteiger partial charge in [0.2, 0.25) is 10.0 Å². The van der Waals surface area contributed by atoms with Gasteiger partial charge in [0.05, 0.1) is 18.1 Å². The zero-order valence-electron chi connectivity index (χ0n) is 13.9. The standard InChI is InChI=1S/C17H22N2O4S/c1-3-23-16-4-6-17(7-5-16)24(20,21)19(12-13-22-2)14-15-8-10-18-11-9-15/h4-11H,3,12-14H2,1-2H3. The molecule has 1 heterocycles. The molecule has 0 aliphatic heterocycles. The van der Waals surface area contributed by atoms with Crippen molar-refractivity contribution in [1.82, 2.24) is 9.29 Å². The molecule has 130 valence electrons. The van der Waals surface area contributed by atoms with Crippen LogP contribution < -0.4 is 4.74 Å². The minimum Gasteiger partial charge on any atom is -0.494 e. The van der Waals surface area contributed by atoms with Crippen molar-refractivity contribution in [3.63, 3.8) is 0 Å². The van der Waals surface area contributed by atoms with Crippen LogP contribution in [0.15, 0.2) is 53.7 Å². The van der Waals surface area contributed by atoms with Crippen LogP contribution in [0.2, 0.25) is 0 Å². The molecule has 6 nitrogen and oxygen atoms in total. The molecule has 7 heteroatoms. The van der Waals surface area contributed by atoms with Crippen molar-refractivity contribution in [3.8, 4) is 5.75 Å². The van der Waals surface area contributed by atoms with Crippen LogP contribution in [0, 0.1) is 0 Å². The van der Waals surface area contributed by atoms with Crippen LogP contribution in [-0.2, 0) is 21.3 Å². The highest BCUT2D eigenvalue weighted by atomic mass is 32.2. The summed E-state index contributed by atoms with van der Waals surface area (Å²) in [6.45, 7) is 3.27. The van der Waals surface area contributed by atoms with Gasteiger partial charge in [-0.05, 0) is 48.9 Å². The Morgan fingerprint density at radius 3 is 2.33 bits per heavy atom. The Balaban J connectivity index is 2.25. The van der Waals surface area contributed by atoms with E-state index in [0.29, 0.717) is 19.0 Å². The largest absolute Gasteiger partial charge is 0.494 e. The second kappa shape index (κ2) is 8.77. The molecule has 0 spiro atoms. The first-order valence-corrected chi connectivity index (χ1v) is 9.12. The van der Waals surface area contributed by atoms with Crippen molar-refractivity contribution >= 4 is 10.0 Å². The number of sulfonamides is 1. The minimum atomic E-state index is -3.63. The Bertz CT molecular complexity index is 718. The summed E-state index contributed by atoms with van der Waals surface area (Å²) in [7, 11) is -2.08. The van der Waals surface area contributed by atoms with E-state index in [2.05, 4.69) is 4.98 Å². The third-order valence-corrected chi connectivity index (χ3v) is 5.29. The summed E-state index contributed by atoms with van der Waals surface area (Å²) in [4.78, 5) is 4.19. The maximum atomic E-state index is 12.9. The third-order valence-electron chi connectivity index (χ3n) is 3.43. The lowest BCUT2D eigenvalue weighted by Gasteiger charge is -2.22. The van der Waals surface area contributed by atoms with Crippen LogP contribution in [0.4, 0.5) is 0 Å². The van der Waals surface area contributed by atoms with Crippen molar-refractivity contribution in [3.05, 3.63) is 54.4 Å². The second-order valence-electron chi connectivity index (χ2n) is 5.09. The van der Waals surface area contributed by atoms with E-state index < -0.39 is 10.0 Å². The zero-order chi connectivity index (χ0) is 17.4. The van der Waals surface area contributed by atoms with Crippen LogP contribution in [-0.4, -0.2) is 44.6 Å². The number of ether oxygens (including phenoxy) is 2. The first-order valence-electron chi connectivity index (χ1n) is 7.68. The first kappa shape index (κ1) is 18.4. The van der Waals surface area contributed by atoms with E-state index in [1.165, 1.54) is 4.31 Å². The molecule has 0 saturated heterocycles. The SMILES string of the molecule is CCOc1ccc(S(=O)(=O)N(CCOC)Cc2ccncc2)cc1. The molecule has 0 N–H and O–H groups in total. The molecule has 0 atom stereocenters. The lowest BCUT2D eigenvalue weighted by atomic mass is 10.3. The average molecular weight is 350 g/mol. The highest BCUT2D eigenvalue weighted by molar-refractivity contribution is 7.89. The lowest BCUT2D eigenvalue weighted by molar-refractivity contribution is 0.177. The van der Waals surface area contributed by atoms with E-state index in [4.69, 9.17) is 9.47 Å². The molecular weight excluding hydrogens is 328 g/mol. The van der Waals surface area contributed by atoms with Gasteiger partial charge in [-0.25, -0.2) is 8.42 Å². The van der Waals surface area contributed by atoms with Crippen LogP contribution >= 0.6 is 0 Å². The fourth-order valence-corrected chi connectivity index (χ4v) is 3.60. The van der Waals surface area contributed by atoms with Gasteiger partial charge in [0.25, 0.3) is 0 Å². The topological polar surface area (TPSA) is 68.7 Å². The molecule has 1 aromatic carbocycles. The van der Waals surface area contributed by atoms with Crippen molar-refractivity contribution in [1.29, 1.82) is 0 Å². The molecule has 0 fully saturated rings. The van der Waals surface area contributed by atoms with E-state index in [-0.39, 0.29) is 18.0 Å². The fourth-order valence-electron chi connectivity index (χ4n) is 2.19. The van der Waals surface area contributed by atoms with Gasteiger partial charge in [0, 0.05) is 32.6 Å². The summed E-state index contributed by atoms with van der Waals surface area (Å²) >= 11 is 0. The maximum absolute atomic E-state index is 12.9. The molecule has 0 amide bonds. The number of pyridine rings is 1. The predicted molar refractivity (Wildman–Crippen MR) is 91.3 cm³/mol. The molecular formula is C17H22N2O4S. The molecule has 24 heavy (non-hydrogen) atoms. The van der Waals surface area contributed by atoms with Gasteiger partial charge in [0.15, 0.2) is 0 Å². The number of benzene rings is 1. The molecule has 0 unspecified atom stereocenters. The highest BCUT2D eigenvalue weighted by Crippen LogP contribution is 2.21. The molecule has 2 aromatic rings. The summed E-state index contributed by atoms with van der Waals surface area (Å²) in [6.07, 6.45) is 3.29. The van der Waals surface area contributed by atoms with Crippen LogP contribution in [0.1, 0.15) is 12.5 Å². The minimum absolute atomic E-state index is 0.233. The molecule has 0 aliphatic rings. The summed E-state index contributed by atoms with van der Waals surface area (Å²) in [5, 5.41) is 0. The van der Waals surface area contributed by atoms with Gasteiger partial charge in [-0.2, -0.15) is 4.31 Å². The van der Waals surface area contributed by atoms with Gasteiger partial charge in [-0.15, -0.1) is 0 Å². The monoisotopic (exact) mass is 350 g/mol. The third kappa shape index (κ3) is 4.77. The summed E-state index contributed by atoms with van der Waals surface area (Å²) in [5.41, 5.74) is 0.871. The number of hydrogen-bond donors (Lipinski definition) is 0. The van der Waals surface area contributed by atoms with Gasteiger partial charge in [-0.3, -0.25) is 4.98 Å². The Kier molecular flexibility index (Phi) is 6.72. The van der Waals surface area contributed by atoms with E-state index in [1.54, 1.807) is 55.9 Å². The second-order valence-corrected chi connectivity index (χ2v) is 7.03. The van der Waals surface area contributed by atoms with Crippen molar-refractivity contribution in [2.24, 2.45) is 0 Å². The maximum Gasteiger partial charge on any atom is 0.243 e. The fraction of sp³-hybridized carbons (Fsp3) is 0.353. The molecule has 0 radical (unpaired) electrons. The number of aromatic nitrogens is 1. The van der Waals surface area contributed by atoms with Gasteiger partial charge in [0.1, 0.15) is 5.75 Å². The normalized spacial score (nSPS) is 11.6. The first-order chi connectivity index (χ1) is 11.6. The summed E-state index contributed by atoms with van der Waals surface area (Å²) < 4.78 is 37.7. The molecule has 0 saturated carbocycles. The van der Waals surface area contributed by atoms with E-state index in [1.807, 2.05) is 6.92 Å². The molecule has 2 rings (SSSR count). The molecule has 0 bridgehead atoms. The van der Waals surface area contributed by atoms with Gasteiger partial charge < -0.3 is 9.47 Å². The summed E-state index contributed by atoms with van der Waals surface area (Å²) in [6, 6.07) is 10.1. The lowest BCUT2D eigenvalue weighted by Crippen LogP contribution is -2.33. The zero-order valence-corrected chi connectivity index (χ0v) is 14.7. The Morgan fingerprint density at radius 1 is 1.08 bits per heavy atom. The van der Waals surface area contributed by atoms with Crippen molar-refractivity contribution < 1.29 is 17.9 Å². The van der Waals surface area contributed by atoms with Crippen molar-refractivity contribution in [2.45, 2.75) is 18.4 Å². The van der Waals surface area contributed by atoms with E-state index in [0.717, 1.165) is 5.56 Å². The van der Waals surface area contributed by atoms with Crippen molar-refractivity contribution in [2.75, 3.05) is 26.9 Å². The Morgan fingerprint density at radius 2 is 1.75 bits per heavy atom. The van der Waals surface area contributed by atoms with E-state index >= 15 is 0 Å². The van der Waals surface area contributed by atoms with Gasteiger partial charge >= 0.3 is 0 Å². The average Bonchev–Trinajstić information content (AvgIpc) is 2.60. The van der Waals surface area contributed by atoms with Crippen LogP contribution in [0.3, 0.4) is 0 Å². The molecule has 1 aromatic heterocycles. The predicted octanol–water partition coefficient (Wildman–Crippen LogP) is 2.32. The van der Waals surface area contributed by atoms with Crippen LogP contribution in [0.5, 0.6) is 5.75 Å². The Hall–Kier alpha value is -1.96. The highest BCUT2D eigenvalue weighted by Gasteiger charge is 2.24. The number of rotatable bonds is 9. The summed E-state index contributed by atoms with van der Waals surface area (Å²) in [5.74, 6) is 0.647. The number of nitrogens with zero attached hydrogens (tertiary/aromatic N) is 2. The Labute approximate surface area is 143 Å². The number of hydrogen-bond acceptors (Lipinski definition) is 5.